The van der Waals surface area contributed by atoms with Crippen molar-refractivity contribution in [1.82, 2.24) is 5.32 Å². The molecule has 0 aliphatic heterocycles. The van der Waals surface area contributed by atoms with Crippen LogP contribution in [0.3, 0.4) is 0 Å². The third kappa shape index (κ3) is 15.3. The normalized spacial score (nSPS) is 12.1. The number of rotatable bonds is 15. The lowest BCUT2D eigenvalue weighted by Gasteiger charge is -2.17. The average Bonchev–Trinajstić information content (AvgIpc) is 2.45. The van der Waals surface area contributed by atoms with Gasteiger partial charge in [-0.3, -0.25) is 4.79 Å². The molecule has 130 valence electrons. The van der Waals surface area contributed by atoms with E-state index < -0.39 is 5.97 Å². The molecule has 0 bridgehead atoms. The van der Waals surface area contributed by atoms with Gasteiger partial charge in [0.1, 0.15) is 0 Å². The molecule has 4 heteroatoms. The van der Waals surface area contributed by atoms with Crippen LogP contribution in [-0.2, 0) is 9.59 Å². The maximum Gasteiger partial charge on any atom is 0.216 e. The summed E-state index contributed by atoms with van der Waals surface area (Å²) in [5.41, 5.74) is 0. The van der Waals surface area contributed by atoms with Crippen LogP contribution in [-0.4, -0.2) is 18.4 Å². The van der Waals surface area contributed by atoms with E-state index in [1.165, 1.54) is 51.9 Å². The smallest absolute Gasteiger partial charge is 0.216 e. The van der Waals surface area contributed by atoms with E-state index in [-0.39, 0.29) is 12.3 Å². The van der Waals surface area contributed by atoms with E-state index in [2.05, 4.69) is 12.2 Å². The van der Waals surface area contributed by atoms with Gasteiger partial charge < -0.3 is 15.2 Å². The van der Waals surface area contributed by atoms with E-state index >= 15 is 0 Å². The van der Waals surface area contributed by atoms with E-state index in [0.29, 0.717) is 18.9 Å². The maximum absolute atomic E-state index is 10.9. The zero-order chi connectivity index (χ0) is 16.6. The minimum Gasteiger partial charge on any atom is -0.550 e. The molecule has 22 heavy (non-hydrogen) atoms. The van der Waals surface area contributed by atoms with Gasteiger partial charge >= 0.3 is 0 Å². The summed E-state index contributed by atoms with van der Waals surface area (Å²) in [5, 5.41) is 13.3. The molecule has 1 atom stereocenters. The largest absolute Gasteiger partial charge is 0.550 e. The molecule has 0 saturated heterocycles. The molecule has 0 heterocycles. The first kappa shape index (κ1) is 20.9. The molecule has 0 aliphatic carbocycles. The minimum absolute atomic E-state index is 0.00408. The fourth-order valence-corrected chi connectivity index (χ4v) is 2.81. The first-order chi connectivity index (χ1) is 10.6. The Balaban J connectivity index is 3.79. The van der Waals surface area contributed by atoms with Crippen molar-refractivity contribution in [2.45, 2.75) is 90.9 Å². The Morgan fingerprint density at radius 3 is 2.09 bits per heavy atom. The van der Waals surface area contributed by atoms with Crippen molar-refractivity contribution < 1.29 is 14.7 Å². The number of carbonyl (C=O) groups excluding carboxylic acids is 2. The lowest BCUT2D eigenvalue weighted by Crippen LogP contribution is -2.24. The molecule has 1 amide bonds. The number of carboxylic acid groups (broad SMARTS) is 1. The molecule has 4 nitrogen and oxygen atoms in total. The van der Waals surface area contributed by atoms with Crippen LogP contribution in [0, 0.1) is 5.92 Å². The molecule has 0 spiro atoms. The molecule has 0 rings (SSSR count). The highest BCUT2D eigenvalue weighted by molar-refractivity contribution is 5.72. The molecule has 0 fully saturated rings. The Morgan fingerprint density at radius 2 is 1.50 bits per heavy atom. The highest BCUT2D eigenvalue weighted by atomic mass is 16.4. The Hall–Kier alpha value is -1.06. The molecule has 0 aromatic rings. The summed E-state index contributed by atoms with van der Waals surface area (Å²) in [7, 11) is 0. The van der Waals surface area contributed by atoms with E-state index in [1.54, 1.807) is 0 Å². The fourth-order valence-electron chi connectivity index (χ4n) is 2.81. The second-order valence-electron chi connectivity index (χ2n) is 6.31. The van der Waals surface area contributed by atoms with E-state index in [4.69, 9.17) is 0 Å². The van der Waals surface area contributed by atoms with Crippen LogP contribution in [0.2, 0.25) is 0 Å². The van der Waals surface area contributed by atoms with E-state index in [1.807, 2.05) is 0 Å². The zero-order valence-electron chi connectivity index (χ0n) is 14.5. The van der Waals surface area contributed by atoms with Crippen LogP contribution in [0.5, 0.6) is 0 Å². The molecule has 0 radical (unpaired) electrons. The lowest BCUT2D eigenvalue weighted by atomic mass is 9.92. The topological polar surface area (TPSA) is 69.2 Å². The maximum atomic E-state index is 10.9. The summed E-state index contributed by atoms with van der Waals surface area (Å²) >= 11 is 0. The van der Waals surface area contributed by atoms with Gasteiger partial charge in [0.05, 0.1) is 0 Å². The van der Waals surface area contributed by atoms with Crippen molar-refractivity contribution >= 4 is 11.9 Å². The molecule has 0 aromatic heterocycles. The van der Waals surface area contributed by atoms with Crippen molar-refractivity contribution in [3.8, 4) is 0 Å². The summed E-state index contributed by atoms with van der Waals surface area (Å²) in [6.45, 7) is 4.45. The predicted molar refractivity (Wildman–Crippen MR) is 88.3 cm³/mol. The second kappa shape index (κ2) is 14.9. The van der Waals surface area contributed by atoms with Gasteiger partial charge in [-0.25, -0.2) is 0 Å². The summed E-state index contributed by atoms with van der Waals surface area (Å²) in [4.78, 5) is 21.4. The monoisotopic (exact) mass is 312 g/mol. The van der Waals surface area contributed by atoms with Gasteiger partial charge in [-0.15, -0.1) is 0 Å². The first-order valence-corrected chi connectivity index (χ1v) is 9.00. The van der Waals surface area contributed by atoms with Gasteiger partial charge in [0.15, 0.2) is 0 Å². The number of carbonyl (C=O) groups is 2. The van der Waals surface area contributed by atoms with Gasteiger partial charge in [0, 0.05) is 19.4 Å². The number of amides is 1. The van der Waals surface area contributed by atoms with Crippen molar-refractivity contribution in [3.63, 3.8) is 0 Å². The fraction of sp³-hybridized carbons (Fsp3) is 0.889. The van der Waals surface area contributed by atoms with Gasteiger partial charge in [0.2, 0.25) is 5.91 Å². The van der Waals surface area contributed by atoms with Crippen LogP contribution in [0.25, 0.3) is 0 Å². The number of unbranched alkanes of at least 4 members (excludes halogenated alkanes) is 6. The average molecular weight is 312 g/mol. The summed E-state index contributed by atoms with van der Waals surface area (Å²) < 4.78 is 0. The lowest BCUT2D eigenvalue weighted by molar-refractivity contribution is -0.305. The molecular weight excluding hydrogens is 278 g/mol. The number of carboxylic acids is 1. The van der Waals surface area contributed by atoms with Crippen LogP contribution in [0.15, 0.2) is 0 Å². The SMILES string of the molecule is CCCCCCCCCC(CCCC(=O)[O-])CCNC(C)=O. The Bertz CT molecular complexity index is 272. The first-order valence-electron chi connectivity index (χ1n) is 9.00. The summed E-state index contributed by atoms with van der Waals surface area (Å²) in [5.74, 6) is -0.442. The highest BCUT2D eigenvalue weighted by Crippen LogP contribution is 2.20. The van der Waals surface area contributed by atoms with Crippen molar-refractivity contribution in [2.24, 2.45) is 5.92 Å². The quantitative estimate of drug-likeness (QED) is 0.472. The number of nitrogens with one attached hydrogen (secondary N) is 1. The Labute approximate surface area is 136 Å². The van der Waals surface area contributed by atoms with Gasteiger partial charge in [-0.05, 0) is 25.2 Å². The Morgan fingerprint density at radius 1 is 0.909 bits per heavy atom. The molecule has 1 unspecified atom stereocenters. The third-order valence-electron chi connectivity index (χ3n) is 4.14. The Kier molecular flexibility index (Phi) is 14.1. The van der Waals surface area contributed by atoms with E-state index in [0.717, 1.165) is 19.3 Å². The molecule has 1 N–H and O–H groups in total. The standard InChI is InChI=1S/C18H35NO3/c1-3-4-5-6-7-8-9-11-17(12-10-13-18(21)22)14-15-19-16(2)20/h17H,3-15H2,1-2H3,(H,19,20)(H,21,22)/p-1. The number of hydrogen-bond acceptors (Lipinski definition) is 3. The summed E-state index contributed by atoms with van der Waals surface area (Å²) in [6, 6.07) is 0. The zero-order valence-corrected chi connectivity index (χ0v) is 14.5. The highest BCUT2D eigenvalue weighted by Gasteiger charge is 2.09. The number of aliphatic carboxylic acids is 1. The predicted octanol–water partition coefficient (Wildman–Crippen LogP) is 3.19. The molecule has 0 saturated carbocycles. The van der Waals surface area contributed by atoms with Crippen LogP contribution >= 0.6 is 0 Å². The summed E-state index contributed by atoms with van der Waals surface area (Å²) in [6.07, 6.45) is 12.9. The van der Waals surface area contributed by atoms with Crippen LogP contribution in [0.4, 0.5) is 0 Å². The van der Waals surface area contributed by atoms with E-state index in [9.17, 15) is 14.7 Å². The number of hydrogen-bond donors (Lipinski definition) is 1. The van der Waals surface area contributed by atoms with Gasteiger partial charge in [-0.1, -0.05) is 64.7 Å². The second-order valence-corrected chi connectivity index (χ2v) is 6.31. The van der Waals surface area contributed by atoms with Crippen molar-refractivity contribution in [2.75, 3.05) is 6.54 Å². The molecule has 0 aliphatic rings. The van der Waals surface area contributed by atoms with Crippen molar-refractivity contribution in [3.05, 3.63) is 0 Å². The minimum atomic E-state index is -0.962. The van der Waals surface area contributed by atoms with Gasteiger partial charge in [-0.2, -0.15) is 0 Å². The third-order valence-corrected chi connectivity index (χ3v) is 4.14. The molecular formula is C18H34NO3-. The van der Waals surface area contributed by atoms with Crippen LogP contribution in [0.1, 0.15) is 90.9 Å². The van der Waals surface area contributed by atoms with Gasteiger partial charge in [0.25, 0.3) is 0 Å². The molecule has 0 aromatic carbocycles. The van der Waals surface area contributed by atoms with Crippen molar-refractivity contribution in [1.29, 1.82) is 0 Å². The van der Waals surface area contributed by atoms with Crippen LogP contribution < -0.4 is 10.4 Å².